The quantitative estimate of drug-likeness (QED) is 0.558. The van der Waals surface area contributed by atoms with Gasteiger partial charge in [-0.15, -0.1) is 0 Å². The second kappa shape index (κ2) is 7.04. The lowest BCUT2D eigenvalue weighted by atomic mass is 9.92. The van der Waals surface area contributed by atoms with E-state index in [2.05, 4.69) is 16.0 Å². The van der Waals surface area contributed by atoms with Crippen LogP contribution in [0.5, 0.6) is 0 Å². The summed E-state index contributed by atoms with van der Waals surface area (Å²) < 4.78 is 4.85. The van der Waals surface area contributed by atoms with Crippen molar-refractivity contribution >= 4 is 11.8 Å². The number of carbonyl (C=O) groups is 2. The first-order valence-corrected chi connectivity index (χ1v) is 7.42. The molecule has 3 N–H and O–H groups in total. The molecule has 1 heterocycles. The van der Waals surface area contributed by atoms with Crippen LogP contribution in [-0.4, -0.2) is 51.7 Å². The van der Waals surface area contributed by atoms with Crippen LogP contribution < -0.4 is 16.0 Å². The molecule has 0 aromatic heterocycles. The zero-order valence-electron chi connectivity index (χ0n) is 12.2. The van der Waals surface area contributed by atoms with Crippen molar-refractivity contribution in [2.24, 2.45) is 11.3 Å². The predicted octanol–water partition coefficient (Wildman–Crippen LogP) is -0.355. The molecule has 1 saturated carbocycles. The van der Waals surface area contributed by atoms with Gasteiger partial charge >= 0.3 is 0 Å². The number of carbonyl (C=O) groups excluding carboxylic acids is 2. The van der Waals surface area contributed by atoms with Gasteiger partial charge in [-0.2, -0.15) is 0 Å². The zero-order valence-corrected chi connectivity index (χ0v) is 12.2. The molecule has 1 unspecified atom stereocenters. The molecule has 2 aliphatic rings. The highest BCUT2D eigenvalue weighted by atomic mass is 16.5. The lowest BCUT2D eigenvalue weighted by molar-refractivity contribution is -0.123. The van der Waals surface area contributed by atoms with Gasteiger partial charge in [0.05, 0.1) is 6.61 Å². The second-order valence-electron chi connectivity index (χ2n) is 5.75. The molecule has 0 aromatic carbocycles. The number of rotatable bonds is 7. The molecule has 1 spiro atoms. The Labute approximate surface area is 120 Å². The van der Waals surface area contributed by atoms with Crippen molar-refractivity contribution in [2.45, 2.75) is 25.7 Å². The van der Waals surface area contributed by atoms with E-state index in [1.807, 2.05) is 0 Å². The first kappa shape index (κ1) is 15.3. The van der Waals surface area contributed by atoms with E-state index in [1.165, 1.54) is 0 Å². The van der Waals surface area contributed by atoms with E-state index in [4.69, 9.17) is 4.74 Å². The van der Waals surface area contributed by atoms with Gasteiger partial charge in [0.15, 0.2) is 0 Å². The molecule has 0 radical (unpaired) electrons. The third-order valence-corrected chi connectivity index (χ3v) is 4.39. The smallest absolute Gasteiger partial charge is 0.223 e. The van der Waals surface area contributed by atoms with Crippen molar-refractivity contribution in [1.29, 1.82) is 0 Å². The molecule has 6 heteroatoms. The molecular formula is C14H25N3O3. The summed E-state index contributed by atoms with van der Waals surface area (Å²) in [5.41, 5.74) is 0.260. The molecule has 114 valence electrons. The van der Waals surface area contributed by atoms with Gasteiger partial charge in [-0.05, 0) is 37.8 Å². The summed E-state index contributed by atoms with van der Waals surface area (Å²) in [7, 11) is 1.60. The number of hydrogen-bond acceptors (Lipinski definition) is 4. The fraction of sp³-hybridized carbons (Fsp3) is 0.857. The van der Waals surface area contributed by atoms with Gasteiger partial charge in [-0.1, -0.05) is 0 Å². The minimum Gasteiger partial charge on any atom is -0.383 e. The molecule has 1 aliphatic heterocycles. The lowest BCUT2D eigenvalue weighted by Gasteiger charge is -2.23. The van der Waals surface area contributed by atoms with Crippen molar-refractivity contribution in [3.63, 3.8) is 0 Å². The second-order valence-corrected chi connectivity index (χ2v) is 5.75. The minimum atomic E-state index is -0.0465. The number of piperidine rings is 1. The first-order chi connectivity index (χ1) is 9.68. The van der Waals surface area contributed by atoms with E-state index in [1.54, 1.807) is 7.11 Å². The minimum absolute atomic E-state index is 0.0465. The summed E-state index contributed by atoms with van der Waals surface area (Å²) in [6, 6.07) is 0. The third kappa shape index (κ3) is 3.93. The van der Waals surface area contributed by atoms with Crippen LogP contribution in [0.2, 0.25) is 0 Å². The largest absolute Gasteiger partial charge is 0.383 e. The number of ether oxygens (including phenoxy) is 1. The molecule has 2 amide bonds. The van der Waals surface area contributed by atoms with E-state index >= 15 is 0 Å². The van der Waals surface area contributed by atoms with Crippen LogP contribution in [0.4, 0.5) is 0 Å². The maximum absolute atomic E-state index is 12.0. The van der Waals surface area contributed by atoms with Crippen molar-refractivity contribution < 1.29 is 14.3 Å². The van der Waals surface area contributed by atoms with Crippen LogP contribution in [0.1, 0.15) is 25.7 Å². The van der Waals surface area contributed by atoms with Gasteiger partial charge in [-0.25, -0.2) is 0 Å². The molecule has 6 nitrogen and oxygen atoms in total. The number of nitrogens with one attached hydrogen (secondary N) is 3. The van der Waals surface area contributed by atoms with Crippen LogP contribution >= 0.6 is 0 Å². The van der Waals surface area contributed by atoms with Gasteiger partial charge in [0.2, 0.25) is 11.8 Å². The van der Waals surface area contributed by atoms with E-state index in [-0.39, 0.29) is 23.1 Å². The zero-order chi connectivity index (χ0) is 14.4. The summed E-state index contributed by atoms with van der Waals surface area (Å²) >= 11 is 0. The highest BCUT2D eigenvalue weighted by Crippen LogP contribution is 2.58. The predicted molar refractivity (Wildman–Crippen MR) is 75.2 cm³/mol. The van der Waals surface area contributed by atoms with Crippen molar-refractivity contribution in [3.05, 3.63) is 0 Å². The van der Waals surface area contributed by atoms with Crippen molar-refractivity contribution in [1.82, 2.24) is 16.0 Å². The Kier molecular flexibility index (Phi) is 5.37. The Hall–Kier alpha value is -1.14. The van der Waals surface area contributed by atoms with Crippen LogP contribution in [-0.2, 0) is 14.3 Å². The van der Waals surface area contributed by atoms with Crippen LogP contribution in [0.3, 0.4) is 0 Å². The molecule has 0 aromatic rings. The molecule has 1 saturated heterocycles. The van der Waals surface area contributed by atoms with Crippen LogP contribution in [0.25, 0.3) is 0 Å². The number of hydrogen-bond donors (Lipinski definition) is 3. The van der Waals surface area contributed by atoms with Crippen molar-refractivity contribution in [3.8, 4) is 0 Å². The highest BCUT2D eigenvalue weighted by Gasteiger charge is 2.57. The Bertz CT molecular complexity index is 354. The van der Waals surface area contributed by atoms with E-state index in [0.717, 1.165) is 32.4 Å². The highest BCUT2D eigenvalue weighted by molar-refractivity contribution is 5.83. The van der Waals surface area contributed by atoms with Gasteiger partial charge in [0.25, 0.3) is 0 Å². The van der Waals surface area contributed by atoms with Crippen LogP contribution in [0.15, 0.2) is 0 Å². The average molecular weight is 283 g/mol. The third-order valence-electron chi connectivity index (χ3n) is 4.39. The standard InChI is InChI=1S/C14H25N3O3/c1-20-9-8-16-12(18)2-5-17-13(19)11-10-14(11)3-6-15-7-4-14/h11,15H,2-10H2,1H3,(H,16,18)(H,17,19). The molecule has 2 fully saturated rings. The SMILES string of the molecule is COCCNC(=O)CCNC(=O)C1CC12CCNCC2. The average Bonchev–Trinajstić information content (AvgIpc) is 3.13. The molecule has 0 bridgehead atoms. The lowest BCUT2D eigenvalue weighted by Crippen LogP contribution is -2.35. The normalized spacial score (nSPS) is 23.4. The number of methoxy groups -OCH3 is 1. The summed E-state index contributed by atoms with van der Waals surface area (Å²) in [5, 5.41) is 8.95. The van der Waals surface area contributed by atoms with Gasteiger partial charge in [-0.3, -0.25) is 9.59 Å². The van der Waals surface area contributed by atoms with Gasteiger partial charge in [0.1, 0.15) is 0 Å². The molecule has 2 rings (SSSR count). The Morgan fingerprint density at radius 1 is 1.25 bits per heavy atom. The van der Waals surface area contributed by atoms with Crippen LogP contribution in [0, 0.1) is 11.3 Å². The molecular weight excluding hydrogens is 258 g/mol. The molecule has 1 atom stereocenters. The topological polar surface area (TPSA) is 79.5 Å². The van der Waals surface area contributed by atoms with Gasteiger partial charge in [0, 0.05) is 32.5 Å². The Balaban J connectivity index is 1.58. The maximum Gasteiger partial charge on any atom is 0.223 e. The van der Waals surface area contributed by atoms with E-state index in [9.17, 15) is 9.59 Å². The Morgan fingerprint density at radius 3 is 2.70 bits per heavy atom. The molecule has 20 heavy (non-hydrogen) atoms. The summed E-state index contributed by atoms with van der Waals surface area (Å²) in [5.74, 6) is 0.243. The maximum atomic E-state index is 12.0. The fourth-order valence-electron chi connectivity index (χ4n) is 3.00. The fourth-order valence-corrected chi connectivity index (χ4v) is 3.00. The summed E-state index contributed by atoms with van der Waals surface area (Å²) in [6.45, 7) is 3.48. The van der Waals surface area contributed by atoms with E-state index in [0.29, 0.717) is 26.1 Å². The van der Waals surface area contributed by atoms with Crippen molar-refractivity contribution in [2.75, 3.05) is 39.9 Å². The van der Waals surface area contributed by atoms with Gasteiger partial charge < -0.3 is 20.7 Å². The summed E-state index contributed by atoms with van der Waals surface area (Å²) in [4.78, 5) is 23.5. The van der Waals surface area contributed by atoms with E-state index < -0.39 is 0 Å². The Morgan fingerprint density at radius 2 is 2.00 bits per heavy atom. The monoisotopic (exact) mass is 283 g/mol. The summed E-state index contributed by atoms with van der Waals surface area (Å²) in [6.07, 6.45) is 3.54. The first-order valence-electron chi connectivity index (χ1n) is 7.42. The number of amides is 2. The molecule has 1 aliphatic carbocycles.